The van der Waals surface area contributed by atoms with Crippen LogP contribution in [0.3, 0.4) is 0 Å². The molecule has 3 nitrogen and oxygen atoms in total. The summed E-state index contributed by atoms with van der Waals surface area (Å²) in [5, 5.41) is 0. The Labute approximate surface area is 99.1 Å². The van der Waals surface area contributed by atoms with E-state index in [1.54, 1.807) is 30.5 Å². The molecule has 1 aromatic heterocycles. The van der Waals surface area contributed by atoms with Gasteiger partial charge >= 0.3 is 0 Å². The van der Waals surface area contributed by atoms with Gasteiger partial charge in [-0.2, -0.15) is 0 Å². The van der Waals surface area contributed by atoms with Gasteiger partial charge in [0, 0.05) is 17.3 Å². The first-order chi connectivity index (χ1) is 8.13. The Morgan fingerprint density at radius 3 is 2.76 bits per heavy atom. The van der Waals surface area contributed by atoms with Crippen LogP contribution in [0.2, 0.25) is 0 Å². The number of nitrogen functional groups attached to an aromatic ring is 1. The molecule has 0 aliphatic heterocycles. The average molecular weight is 232 g/mol. The molecular formula is C13H13FN2O. The van der Waals surface area contributed by atoms with E-state index >= 15 is 0 Å². The number of rotatable bonds is 2. The summed E-state index contributed by atoms with van der Waals surface area (Å²) in [6.07, 6.45) is 1.56. The van der Waals surface area contributed by atoms with Gasteiger partial charge in [-0.25, -0.2) is 9.37 Å². The molecule has 0 atom stereocenters. The maximum absolute atomic E-state index is 14.0. The van der Waals surface area contributed by atoms with Crippen molar-refractivity contribution in [3.63, 3.8) is 0 Å². The Hall–Kier alpha value is -2.10. The third kappa shape index (κ3) is 2.06. The highest BCUT2D eigenvalue weighted by atomic mass is 19.1. The molecule has 1 heterocycles. The molecule has 0 unspecified atom stereocenters. The standard InChI is InChI=1S/C13H13FN2O/c1-8-6-9(7-16-13(8)15)10-4-3-5-11(17-2)12(10)14/h3-7H,1-2H3,(H2,15,16). The van der Waals surface area contributed by atoms with Crippen molar-refractivity contribution in [3.05, 3.63) is 41.8 Å². The van der Waals surface area contributed by atoms with Crippen molar-refractivity contribution in [1.82, 2.24) is 4.98 Å². The first kappa shape index (κ1) is 11.4. The molecule has 0 saturated carbocycles. The minimum atomic E-state index is -0.388. The van der Waals surface area contributed by atoms with E-state index in [1.165, 1.54) is 7.11 Å². The molecule has 88 valence electrons. The molecule has 4 heteroatoms. The number of ether oxygens (including phenoxy) is 1. The van der Waals surface area contributed by atoms with Crippen molar-refractivity contribution < 1.29 is 9.13 Å². The van der Waals surface area contributed by atoms with Crippen molar-refractivity contribution in [2.24, 2.45) is 0 Å². The number of anilines is 1. The van der Waals surface area contributed by atoms with Crippen molar-refractivity contribution in [1.29, 1.82) is 0 Å². The number of hydrogen-bond acceptors (Lipinski definition) is 3. The van der Waals surface area contributed by atoms with Crippen LogP contribution in [0.1, 0.15) is 5.56 Å². The van der Waals surface area contributed by atoms with Crippen LogP contribution in [-0.4, -0.2) is 12.1 Å². The monoisotopic (exact) mass is 232 g/mol. The Morgan fingerprint density at radius 2 is 2.12 bits per heavy atom. The molecule has 1 aromatic carbocycles. The molecule has 2 N–H and O–H groups in total. The molecule has 0 amide bonds. The zero-order valence-corrected chi connectivity index (χ0v) is 9.70. The maximum Gasteiger partial charge on any atom is 0.172 e. The number of pyridine rings is 1. The number of halogens is 1. The summed E-state index contributed by atoms with van der Waals surface area (Å²) in [4.78, 5) is 4.02. The van der Waals surface area contributed by atoms with E-state index in [1.807, 2.05) is 6.92 Å². The first-order valence-electron chi connectivity index (χ1n) is 5.18. The highest BCUT2D eigenvalue weighted by Gasteiger charge is 2.11. The second-order valence-corrected chi connectivity index (χ2v) is 3.75. The molecule has 0 saturated heterocycles. The number of methoxy groups -OCH3 is 1. The zero-order valence-electron chi connectivity index (χ0n) is 9.70. The van der Waals surface area contributed by atoms with Crippen LogP contribution in [0.4, 0.5) is 10.2 Å². The lowest BCUT2D eigenvalue weighted by Crippen LogP contribution is -1.96. The molecule has 0 spiro atoms. The number of benzene rings is 1. The molecule has 0 fully saturated rings. The Kier molecular flexibility index (Phi) is 2.95. The van der Waals surface area contributed by atoms with E-state index in [-0.39, 0.29) is 11.6 Å². The van der Waals surface area contributed by atoms with Crippen molar-refractivity contribution in [3.8, 4) is 16.9 Å². The smallest absolute Gasteiger partial charge is 0.172 e. The van der Waals surface area contributed by atoms with E-state index < -0.39 is 0 Å². The van der Waals surface area contributed by atoms with Crippen molar-refractivity contribution >= 4 is 5.82 Å². The number of nitrogens with zero attached hydrogens (tertiary/aromatic N) is 1. The third-order valence-electron chi connectivity index (χ3n) is 2.61. The SMILES string of the molecule is COc1cccc(-c2cnc(N)c(C)c2)c1F. The third-order valence-corrected chi connectivity index (χ3v) is 2.61. The quantitative estimate of drug-likeness (QED) is 0.866. The minimum Gasteiger partial charge on any atom is -0.494 e. The minimum absolute atomic E-state index is 0.219. The van der Waals surface area contributed by atoms with Gasteiger partial charge in [-0.05, 0) is 24.6 Å². The van der Waals surface area contributed by atoms with E-state index in [9.17, 15) is 4.39 Å². The fraction of sp³-hybridized carbons (Fsp3) is 0.154. The normalized spacial score (nSPS) is 10.3. The van der Waals surface area contributed by atoms with E-state index in [0.29, 0.717) is 16.9 Å². The largest absolute Gasteiger partial charge is 0.494 e. The fourth-order valence-electron chi connectivity index (χ4n) is 1.62. The Bertz CT molecular complexity index is 555. The topological polar surface area (TPSA) is 48.1 Å². The van der Waals surface area contributed by atoms with E-state index in [0.717, 1.165) is 5.56 Å². The van der Waals surface area contributed by atoms with E-state index in [4.69, 9.17) is 10.5 Å². The Balaban J connectivity index is 2.56. The van der Waals surface area contributed by atoms with Crippen LogP contribution in [0, 0.1) is 12.7 Å². The second kappa shape index (κ2) is 4.41. The van der Waals surface area contributed by atoms with Crippen LogP contribution in [0.25, 0.3) is 11.1 Å². The zero-order chi connectivity index (χ0) is 12.4. The summed E-state index contributed by atoms with van der Waals surface area (Å²) < 4.78 is 18.9. The number of hydrogen-bond donors (Lipinski definition) is 1. The summed E-state index contributed by atoms with van der Waals surface area (Å²) in [5.74, 6) is 0.287. The average Bonchev–Trinajstić information content (AvgIpc) is 2.33. The van der Waals surface area contributed by atoms with Gasteiger partial charge < -0.3 is 10.5 Å². The van der Waals surface area contributed by atoms with Crippen LogP contribution in [0.5, 0.6) is 5.75 Å². The van der Waals surface area contributed by atoms with Gasteiger partial charge in [-0.15, -0.1) is 0 Å². The van der Waals surface area contributed by atoms with Gasteiger partial charge in [-0.3, -0.25) is 0 Å². The van der Waals surface area contributed by atoms with Crippen LogP contribution in [0.15, 0.2) is 30.5 Å². The first-order valence-corrected chi connectivity index (χ1v) is 5.18. The highest BCUT2D eigenvalue weighted by molar-refractivity contribution is 5.67. The van der Waals surface area contributed by atoms with Gasteiger partial charge in [-0.1, -0.05) is 12.1 Å². The van der Waals surface area contributed by atoms with Gasteiger partial charge in [0.2, 0.25) is 0 Å². The summed E-state index contributed by atoms with van der Waals surface area (Å²) in [5.41, 5.74) is 7.60. The summed E-state index contributed by atoms with van der Waals surface area (Å²) in [6, 6.07) is 6.81. The van der Waals surface area contributed by atoms with Gasteiger partial charge in [0.1, 0.15) is 5.82 Å². The number of aromatic nitrogens is 1. The summed E-state index contributed by atoms with van der Waals surface area (Å²) >= 11 is 0. The molecule has 0 bridgehead atoms. The molecule has 17 heavy (non-hydrogen) atoms. The van der Waals surface area contributed by atoms with Gasteiger partial charge in [0.25, 0.3) is 0 Å². The van der Waals surface area contributed by atoms with Gasteiger partial charge in [0.05, 0.1) is 7.11 Å². The van der Waals surface area contributed by atoms with Crippen molar-refractivity contribution in [2.75, 3.05) is 12.8 Å². The van der Waals surface area contributed by atoms with Crippen molar-refractivity contribution in [2.45, 2.75) is 6.92 Å². The predicted molar refractivity (Wildman–Crippen MR) is 65.3 cm³/mol. The molecule has 0 aliphatic rings. The van der Waals surface area contributed by atoms with E-state index in [2.05, 4.69) is 4.98 Å². The maximum atomic E-state index is 14.0. The predicted octanol–water partition coefficient (Wildman–Crippen LogP) is 2.79. The molecule has 0 aliphatic carbocycles. The van der Waals surface area contributed by atoms with Crippen LogP contribution in [-0.2, 0) is 0 Å². The fourth-order valence-corrected chi connectivity index (χ4v) is 1.62. The lowest BCUT2D eigenvalue weighted by atomic mass is 10.0. The molecular weight excluding hydrogens is 219 g/mol. The number of nitrogens with two attached hydrogens (primary N) is 1. The second-order valence-electron chi connectivity index (χ2n) is 3.75. The lowest BCUT2D eigenvalue weighted by Gasteiger charge is -2.08. The summed E-state index contributed by atoms with van der Waals surface area (Å²) in [6.45, 7) is 1.84. The molecule has 0 radical (unpaired) electrons. The van der Waals surface area contributed by atoms with Gasteiger partial charge in [0.15, 0.2) is 11.6 Å². The summed E-state index contributed by atoms with van der Waals surface area (Å²) in [7, 11) is 1.44. The highest BCUT2D eigenvalue weighted by Crippen LogP contribution is 2.29. The van der Waals surface area contributed by atoms with Crippen LogP contribution < -0.4 is 10.5 Å². The number of aryl methyl sites for hydroxylation is 1. The lowest BCUT2D eigenvalue weighted by molar-refractivity contribution is 0.387. The van der Waals surface area contributed by atoms with Crippen LogP contribution >= 0.6 is 0 Å². The molecule has 2 aromatic rings. The Morgan fingerprint density at radius 1 is 1.35 bits per heavy atom. The molecule has 2 rings (SSSR count).